The number of ether oxygens (including phenoxy) is 1. The molecule has 2 atom stereocenters. The van der Waals surface area contributed by atoms with Crippen LogP contribution in [-0.4, -0.2) is 11.8 Å². The van der Waals surface area contributed by atoms with Gasteiger partial charge in [0.2, 0.25) is 0 Å². The normalized spacial score (nSPS) is 19.6. The highest BCUT2D eigenvalue weighted by atomic mass is 19.4. The molecule has 0 saturated carbocycles. The minimum absolute atomic E-state index is 0.0576. The summed E-state index contributed by atoms with van der Waals surface area (Å²) in [5.74, 6) is -0.951. The van der Waals surface area contributed by atoms with Gasteiger partial charge in [-0.3, -0.25) is 0 Å². The summed E-state index contributed by atoms with van der Waals surface area (Å²) in [7, 11) is 0. The van der Waals surface area contributed by atoms with E-state index in [1.54, 1.807) is 24.3 Å². The van der Waals surface area contributed by atoms with Gasteiger partial charge < -0.3 is 9.53 Å². The van der Waals surface area contributed by atoms with Crippen LogP contribution in [0.25, 0.3) is 0 Å². The van der Waals surface area contributed by atoms with Crippen LogP contribution in [0.1, 0.15) is 66.6 Å². The van der Waals surface area contributed by atoms with Gasteiger partial charge in [-0.2, -0.15) is 13.2 Å². The number of hydrogen-bond acceptors (Lipinski definition) is 3. The third kappa shape index (κ3) is 3.93. The number of esters is 1. The van der Waals surface area contributed by atoms with E-state index < -0.39 is 23.3 Å². The molecule has 1 aliphatic heterocycles. The highest BCUT2D eigenvalue weighted by Gasteiger charge is 2.52. The van der Waals surface area contributed by atoms with Crippen LogP contribution in [0.5, 0.6) is 0 Å². The molecule has 0 amide bonds. The second-order valence-corrected chi connectivity index (χ2v) is 7.49. The van der Waals surface area contributed by atoms with Gasteiger partial charge in [-0.15, -0.1) is 0 Å². The van der Waals surface area contributed by atoms with Crippen molar-refractivity contribution in [2.75, 3.05) is 0 Å². The Labute approximate surface area is 167 Å². The van der Waals surface area contributed by atoms with Gasteiger partial charge in [0.15, 0.2) is 5.60 Å². The molecule has 0 spiro atoms. The van der Waals surface area contributed by atoms with Crippen molar-refractivity contribution >= 4 is 11.8 Å². The SMILES string of the molecule is CCCC[C@H](CC(C)=O)[C@]1(c2ccc(C(F)(F)F)cc2)OC(=O)c2ccccc21. The van der Waals surface area contributed by atoms with Crippen LogP contribution >= 0.6 is 0 Å². The Bertz CT molecular complexity index is 902. The van der Waals surface area contributed by atoms with Gasteiger partial charge in [-0.1, -0.05) is 50.1 Å². The number of hydrogen-bond donors (Lipinski definition) is 0. The Morgan fingerprint density at radius 3 is 2.34 bits per heavy atom. The topological polar surface area (TPSA) is 43.4 Å². The zero-order chi connectivity index (χ0) is 21.2. The molecule has 0 aliphatic carbocycles. The third-order valence-corrected chi connectivity index (χ3v) is 5.46. The minimum atomic E-state index is -4.46. The molecule has 0 radical (unpaired) electrons. The predicted octanol–water partition coefficient (Wildman–Crippen LogP) is 5.90. The summed E-state index contributed by atoms with van der Waals surface area (Å²) in [6.45, 7) is 3.49. The molecule has 3 rings (SSSR count). The summed E-state index contributed by atoms with van der Waals surface area (Å²) in [4.78, 5) is 24.7. The maximum absolute atomic E-state index is 13.1. The number of fused-ring (bicyclic) bond motifs is 1. The molecule has 0 saturated heterocycles. The van der Waals surface area contributed by atoms with E-state index in [0.717, 1.165) is 25.0 Å². The zero-order valence-electron chi connectivity index (χ0n) is 16.4. The van der Waals surface area contributed by atoms with Gasteiger partial charge >= 0.3 is 12.1 Å². The summed E-state index contributed by atoms with van der Waals surface area (Å²) < 4.78 is 45.1. The van der Waals surface area contributed by atoms with Crippen molar-refractivity contribution in [1.29, 1.82) is 0 Å². The number of rotatable bonds is 7. The summed E-state index contributed by atoms with van der Waals surface area (Å²) in [6, 6.07) is 11.6. The molecule has 3 nitrogen and oxygen atoms in total. The van der Waals surface area contributed by atoms with E-state index in [9.17, 15) is 22.8 Å². The lowest BCUT2D eigenvalue weighted by Crippen LogP contribution is -2.38. The van der Waals surface area contributed by atoms with Crippen LogP contribution in [0.2, 0.25) is 0 Å². The molecule has 1 aliphatic rings. The van der Waals surface area contributed by atoms with Crippen molar-refractivity contribution in [3.63, 3.8) is 0 Å². The van der Waals surface area contributed by atoms with Crippen LogP contribution in [0, 0.1) is 5.92 Å². The third-order valence-electron chi connectivity index (χ3n) is 5.46. The number of benzene rings is 2. The van der Waals surface area contributed by atoms with Gasteiger partial charge in [-0.25, -0.2) is 4.79 Å². The number of Topliss-reactive ketones (excluding diaryl/α,β-unsaturated/α-hetero) is 1. The van der Waals surface area contributed by atoms with E-state index in [4.69, 9.17) is 4.74 Å². The molecule has 6 heteroatoms. The first-order valence-electron chi connectivity index (χ1n) is 9.70. The van der Waals surface area contributed by atoms with E-state index in [2.05, 4.69) is 0 Å². The van der Waals surface area contributed by atoms with Crippen molar-refractivity contribution in [3.05, 3.63) is 70.8 Å². The number of unbranched alkanes of at least 4 members (excludes halogenated alkanes) is 1. The maximum Gasteiger partial charge on any atom is 0.416 e. The highest BCUT2D eigenvalue weighted by Crippen LogP contribution is 2.50. The molecule has 2 aromatic carbocycles. The van der Waals surface area contributed by atoms with Crippen molar-refractivity contribution in [2.24, 2.45) is 5.92 Å². The van der Waals surface area contributed by atoms with Crippen molar-refractivity contribution in [2.45, 2.75) is 51.3 Å². The monoisotopic (exact) mass is 404 g/mol. The summed E-state index contributed by atoms with van der Waals surface area (Å²) >= 11 is 0. The molecule has 1 heterocycles. The average Bonchev–Trinajstić information content (AvgIpc) is 2.98. The second-order valence-electron chi connectivity index (χ2n) is 7.49. The summed E-state index contributed by atoms with van der Waals surface area (Å²) in [5, 5.41) is 0. The van der Waals surface area contributed by atoms with Crippen molar-refractivity contribution in [3.8, 4) is 0 Å². The number of ketones is 1. The van der Waals surface area contributed by atoms with Crippen LogP contribution in [0.3, 0.4) is 0 Å². The Hall–Kier alpha value is -2.63. The van der Waals surface area contributed by atoms with Crippen LogP contribution in [-0.2, 0) is 21.3 Å². The van der Waals surface area contributed by atoms with Gasteiger partial charge in [-0.05, 0) is 31.5 Å². The Balaban J connectivity index is 2.20. The fourth-order valence-corrected chi connectivity index (χ4v) is 4.15. The molecular formula is C23H23F3O3. The number of halogens is 3. The fraction of sp³-hybridized carbons (Fsp3) is 0.391. The molecule has 29 heavy (non-hydrogen) atoms. The first-order valence-corrected chi connectivity index (χ1v) is 9.70. The largest absolute Gasteiger partial charge is 0.445 e. The lowest BCUT2D eigenvalue weighted by Gasteiger charge is -2.37. The van der Waals surface area contributed by atoms with Crippen molar-refractivity contribution < 1.29 is 27.5 Å². The smallest absolute Gasteiger partial charge is 0.416 e. The van der Waals surface area contributed by atoms with Crippen LogP contribution in [0.4, 0.5) is 13.2 Å². The highest BCUT2D eigenvalue weighted by molar-refractivity contribution is 5.95. The predicted molar refractivity (Wildman–Crippen MR) is 102 cm³/mol. The lowest BCUT2D eigenvalue weighted by molar-refractivity contribution is -0.137. The molecular weight excluding hydrogens is 381 g/mol. The van der Waals surface area contributed by atoms with E-state index in [-0.39, 0.29) is 18.1 Å². The maximum atomic E-state index is 13.1. The number of alkyl halides is 3. The van der Waals surface area contributed by atoms with Gasteiger partial charge in [0.25, 0.3) is 0 Å². The molecule has 2 aromatic rings. The average molecular weight is 404 g/mol. The summed E-state index contributed by atoms with van der Waals surface area (Å²) in [6.07, 6.45) is -1.99. The Morgan fingerprint density at radius 2 is 1.76 bits per heavy atom. The Kier molecular flexibility index (Phi) is 5.82. The first-order chi connectivity index (χ1) is 13.7. The zero-order valence-corrected chi connectivity index (χ0v) is 16.4. The van der Waals surface area contributed by atoms with Crippen molar-refractivity contribution in [1.82, 2.24) is 0 Å². The number of carbonyl (C=O) groups excluding carboxylic acids is 2. The molecule has 0 bridgehead atoms. The molecule has 0 fully saturated rings. The van der Waals surface area contributed by atoms with Gasteiger partial charge in [0.05, 0.1) is 11.1 Å². The second kappa shape index (κ2) is 8.01. The van der Waals surface area contributed by atoms with Gasteiger partial charge in [0.1, 0.15) is 5.78 Å². The molecule has 0 aromatic heterocycles. The van der Waals surface area contributed by atoms with E-state index in [1.807, 2.05) is 6.92 Å². The quantitative estimate of drug-likeness (QED) is 0.539. The van der Waals surface area contributed by atoms with Crippen LogP contribution < -0.4 is 0 Å². The lowest BCUT2D eigenvalue weighted by atomic mass is 9.71. The molecule has 154 valence electrons. The van der Waals surface area contributed by atoms with E-state index >= 15 is 0 Å². The van der Waals surface area contributed by atoms with Crippen LogP contribution in [0.15, 0.2) is 48.5 Å². The van der Waals surface area contributed by atoms with E-state index in [0.29, 0.717) is 23.1 Å². The summed E-state index contributed by atoms with van der Waals surface area (Å²) in [5.41, 5.74) is -0.611. The Morgan fingerprint density at radius 1 is 1.10 bits per heavy atom. The molecule has 0 unspecified atom stereocenters. The molecule has 0 N–H and O–H groups in total. The number of cyclic esters (lactones) is 1. The van der Waals surface area contributed by atoms with Gasteiger partial charge in [0, 0.05) is 23.5 Å². The standard InChI is InChI=1S/C23H23F3O3/c1-3-4-7-18(14-15(2)27)22(16-10-12-17(13-11-16)23(24,25)26)20-9-6-5-8-19(20)21(28)29-22/h5-6,8-13,18H,3-4,7,14H2,1-2H3/t18-,22+/m1/s1. The minimum Gasteiger partial charge on any atom is -0.445 e. The first kappa shape index (κ1) is 21.1. The number of carbonyl (C=O) groups is 2. The fourth-order valence-electron chi connectivity index (χ4n) is 4.15. The van der Waals surface area contributed by atoms with E-state index in [1.165, 1.54) is 19.1 Å².